The molecule has 1 aromatic rings. The van der Waals surface area contributed by atoms with Gasteiger partial charge in [0.15, 0.2) is 0 Å². The van der Waals surface area contributed by atoms with Crippen LogP contribution < -0.4 is 5.32 Å². The third-order valence-corrected chi connectivity index (χ3v) is 2.98. The maximum Gasteiger partial charge on any atom is 0.0643 e. The van der Waals surface area contributed by atoms with Gasteiger partial charge in [0.05, 0.1) is 19.3 Å². The van der Waals surface area contributed by atoms with E-state index in [4.69, 9.17) is 4.74 Å². The fourth-order valence-corrected chi connectivity index (χ4v) is 2.07. The smallest absolute Gasteiger partial charge is 0.0643 e. The van der Waals surface area contributed by atoms with E-state index in [1.54, 1.807) is 0 Å². The summed E-state index contributed by atoms with van der Waals surface area (Å²) in [6, 6.07) is 11.7. The van der Waals surface area contributed by atoms with Gasteiger partial charge in [-0.3, -0.25) is 0 Å². The Balaban J connectivity index is 2.01. The van der Waals surface area contributed by atoms with Crippen LogP contribution in [0.15, 0.2) is 30.3 Å². The molecular weight excluding hydrogens is 198 g/mol. The van der Waals surface area contributed by atoms with Crippen LogP contribution in [0, 0.1) is 5.92 Å². The van der Waals surface area contributed by atoms with Crippen LogP contribution >= 0.6 is 0 Å². The molecule has 0 aliphatic carbocycles. The number of rotatable bonds is 5. The number of nitrogens with one attached hydrogen (secondary N) is 1. The molecule has 1 aliphatic rings. The van der Waals surface area contributed by atoms with Gasteiger partial charge in [0.1, 0.15) is 0 Å². The molecule has 1 unspecified atom stereocenters. The van der Waals surface area contributed by atoms with E-state index in [2.05, 4.69) is 49.5 Å². The monoisotopic (exact) mass is 219 g/mol. The summed E-state index contributed by atoms with van der Waals surface area (Å²) in [6.07, 6.45) is 1.18. The van der Waals surface area contributed by atoms with Crippen molar-refractivity contribution >= 4 is 0 Å². The molecule has 1 aromatic carbocycles. The van der Waals surface area contributed by atoms with Gasteiger partial charge < -0.3 is 10.1 Å². The predicted molar refractivity (Wildman–Crippen MR) is 66.4 cm³/mol. The average molecular weight is 219 g/mol. The normalized spacial score (nSPS) is 18.4. The van der Waals surface area contributed by atoms with Gasteiger partial charge in [-0.2, -0.15) is 0 Å². The summed E-state index contributed by atoms with van der Waals surface area (Å²) in [6.45, 7) is 6.27. The second-order valence-electron chi connectivity index (χ2n) is 4.99. The molecule has 1 saturated heterocycles. The van der Waals surface area contributed by atoms with Crippen molar-refractivity contribution in [2.24, 2.45) is 5.92 Å². The van der Waals surface area contributed by atoms with Gasteiger partial charge in [0.25, 0.3) is 0 Å². The minimum atomic E-state index is 0.468. The van der Waals surface area contributed by atoms with E-state index < -0.39 is 0 Å². The first kappa shape index (κ1) is 11.6. The molecule has 2 nitrogen and oxygen atoms in total. The highest BCUT2D eigenvalue weighted by atomic mass is 16.5. The number of hydrogen-bond acceptors (Lipinski definition) is 2. The molecule has 0 radical (unpaired) electrons. The van der Waals surface area contributed by atoms with Crippen LogP contribution in [0.3, 0.4) is 0 Å². The van der Waals surface area contributed by atoms with E-state index in [0.717, 1.165) is 13.2 Å². The van der Waals surface area contributed by atoms with Crippen molar-refractivity contribution in [2.75, 3.05) is 13.2 Å². The van der Waals surface area contributed by atoms with Crippen molar-refractivity contribution in [3.8, 4) is 0 Å². The number of ether oxygens (including phenoxy) is 1. The van der Waals surface area contributed by atoms with Gasteiger partial charge in [-0.1, -0.05) is 44.2 Å². The van der Waals surface area contributed by atoms with E-state index >= 15 is 0 Å². The van der Waals surface area contributed by atoms with Crippen molar-refractivity contribution in [1.29, 1.82) is 0 Å². The maximum absolute atomic E-state index is 5.21. The van der Waals surface area contributed by atoms with Crippen LogP contribution in [0.4, 0.5) is 0 Å². The lowest BCUT2D eigenvalue weighted by molar-refractivity contribution is -0.0112. The summed E-state index contributed by atoms with van der Waals surface area (Å²) >= 11 is 0. The van der Waals surface area contributed by atoms with Crippen LogP contribution in [0.5, 0.6) is 0 Å². The molecule has 16 heavy (non-hydrogen) atoms. The fraction of sp³-hybridized carbons (Fsp3) is 0.571. The van der Waals surface area contributed by atoms with E-state index in [1.165, 1.54) is 12.0 Å². The van der Waals surface area contributed by atoms with E-state index in [1.807, 2.05) is 0 Å². The Kier molecular flexibility index (Phi) is 3.97. The highest BCUT2D eigenvalue weighted by Gasteiger charge is 2.23. The molecule has 2 rings (SSSR count). The molecule has 1 N–H and O–H groups in total. The molecule has 1 fully saturated rings. The van der Waals surface area contributed by atoms with Crippen LogP contribution in [0.1, 0.15) is 31.9 Å². The van der Waals surface area contributed by atoms with Crippen LogP contribution in [-0.4, -0.2) is 19.3 Å². The maximum atomic E-state index is 5.21. The quantitative estimate of drug-likeness (QED) is 0.822. The molecule has 1 heterocycles. The minimum Gasteiger partial charge on any atom is -0.378 e. The van der Waals surface area contributed by atoms with E-state index in [9.17, 15) is 0 Å². The Hall–Kier alpha value is -0.860. The van der Waals surface area contributed by atoms with Gasteiger partial charge in [0, 0.05) is 6.04 Å². The third kappa shape index (κ3) is 3.06. The fourth-order valence-electron chi connectivity index (χ4n) is 2.07. The van der Waals surface area contributed by atoms with Crippen molar-refractivity contribution in [3.63, 3.8) is 0 Å². The molecule has 0 bridgehead atoms. The van der Waals surface area contributed by atoms with Crippen molar-refractivity contribution < 1.29 is 4.74 Å². The Bertz CT molecular complexity index is 306. The zero-order chi connectivity index (χ0) is 11.4. The molecule has 88 valence electrons. The predicted octanol–water partition coefficient (Wildman–Crippen LogP) is 2.76. The molecule has 0 spiro atoms. The standard InChI is InChI=1S/C14H21NO/c1-11(2)8-14(15-13-9-16-10-13)12-6-4-3-5-7-12/h3-7,11,13-15H,8-10H2,1-2H3. The minimum absolute atomic E-state index is 0.468. The van der Waals surface area contributed by atoms with Crippen molar-refractivity contribution in [1.82, 2.24) is 5.32 Å². The second-order valence-corrected chi connectivity index (χ2v) is 4.99. The summed E-state index contributed by atoms with van der Waals surface area (Å²) in [5.41, 5.74) is 1.39. The van der Waals surface area contributed by atoms with Gasteiger partial charge in [-0.05, 0) is 17.9 Å². The summed E-state index contributed by atoms with van der Waals surface area (Å²) in [7, 11) is 0. The molecule has 0 saturated carbocycles. The highest BCUT2D eigenvalue weighted by Crippen LogP contribution is 2.22. The first-order valence-electron chi connectivity index (χ1n) is 6.14. The van der Waals surface area contributed by atoms with Gasteiger partial charge in [0.2, 0.25) is 0 Å². The zero-order valence-corrected chi connectivity index (χ0v) is 10.1. The van der Waals surface area contributed by atoms with Gasteiger partial charge in [-0.25, -0.2) is 0 Å². The Morgan fingerprint density at radius 2 is 1.94 bits per heavy atom. The van der Waals surface area contributed by atoms with Gasteiger partial charge >= 0.3 is 0 Å². The van der Waals surface area contributed by atoms with Gasteiger partial charge in [-0.15, -0.1) is 0 Å². The molecular formula is C14H21NO. The third-order valence-electron chi connectivity index (χ3n) is 2.98. The zero-order valence-electron chi connectivity index (χ0n) is 10.1. The van der Waals surface area contributed by atoms with Crippen molar-refractivity contribution in [3.05, 3.63) is 35.9 Å². The van der Waals surface area contributed by atoms with Crippen LogP contribution in [0.25, 0.3) is 0 Å². The summed E-state index contributed by atoms with van der Waals surface area (Å²) < 4.78 is 5.21. The Morgan fingerprint density at radius 1 is 1.25 bits per heavy atom. The first-order chi connectivity index (χ1) is 7.75. The lowest BCUT2D eigenvalue weighted by Gasteiger charge is -2.32. The topological polar surface area (TPSA) is 21.3 Å². The van der Waals surface area contributed by atoms with Crippen molar-refractivity contribution in [2.45, 2.75) is 32.4 Å². The lowest BCUT2D eigenvalue weighted by Crippen LogP contribution is -2.47. The summed E-state index contributed by atoms with van der Waals surface area (Å²) in [4.78, 5) is 0. The average Bonchev–Trinajstić information content (AvgIpc) is 2.22. The van der Waals surface area contributed by atoms with Crippen LogP contribution in [0.2, 0.25) is 0 Å². The van der Waals surface area contributed by atoms with E-state index in [-0.39, 0.29) is 0 Å². The SMILES string of the molecule is CC(C)CC(NC1COC1)c1ccccc1. The number of hydrogen-bond donors (Lipinski definition) is 1. The number of benzene rings is 1. The second kappa shape index (κ2) is 5.46. The summed E-state index contributed by atoms with van der Waals surface area (Å²) in [5, 5.41) is 3.68. The largest absolute Gasteiger partial charge is 0.378 e. The molecule has 1 aliphatic heterocycles. The summed E-state index contributed by atoms with van der Waals surface area (Å²) in [5.74, 6) is 0.707. The molecule has 0 amide bonds. The lowest BCUT2D eigenvalue weighted by atomic mass is 9.96. The molecule has 1 atom stereocenters. The molecule has 0 aromatic heterocycles. The Labute approximate surface area is 98.0 Å². The molecule has 2 heteroatoms. The Morgan fingerprint density at radius 3 is 2.44 bits per heavy atom. The first-order valence-corrected chi connectivity index (χ1v) is 6.14. The van der Waals surface area contributed by atoms with Crippen LogP contribution in [-0.2, 0) is 4.74 Å². The van der Waals surface area contributed by atoms with E-state index in [0.29, 0.717) is 18.0 Å². The highest BCUT2D eigenvalue weighted by molar-refractivity contribution is 5.19.